The lowest BCUT2D eigenvalue weighted by atomic mass is 10.1. The number of carbonyl (C=O) groups is 1. The highest BCUT2D eigenvalue weighted by molar-refractivity contribution is 5.92. The normalized spacial score (nSPS) is 10.4. The van der Waals surface area contributed by atoms with Gasteiger partial charge in [-0.25, -0.2) is 0 Å². The third kappa shape index (κ3) is 3.88. The largest absolute Gasteiger partial charge is 0.483 e. The number of anilines is 1. The Balaban J connectivity index is 2.01. The molecule has 2 rings (SSSR count). The van der Waals surface area contributed by atoms with Gasteiger partial charge in [0.2, 0.25) is 0 Å². The molecule has 116 valence electrons. The van der Waals surface area contributed by atoms with Gasteiger partial charge < -0.3 is 10.1 Å². The average Bonchev–Trinajstić information content (AvgIpc) is 2.44. The van der Waals surface area contributed by atoms with E-state index < -0.39 is 0 Å². The lowest BCUT2D eigenvalue weighted by molar-refractivity contribution is -0.118. The first-order valence-corrected chi connectivity index (χ1v) is 7.44. The van der Waals surface area contributed by atoms with Crippen LogP contribution in [0.15, 0.2) is 30.3 Å². The molecule has 0 radical (unpaired) electrons. The third-order valence-corrected chi connectivity index (χ3v) is 3.78. The molecule has 1 N–H and O–H groups in total. The van der Waals surface area contributed by atoms with Crippen LogP contribution in [0.1, 0.15) is 27.8 Å². The van der Waals surface area contributed by atoms with E-state index >= 15 is 0 Å². The summed E-state index contributed by atoms with van der Waals surface area (Å²) in [5.41, 5.74) is 6.44. The molecule has 0 aliphatic carbocycles. The quantitative estimate of drug-likeness (QED) is 0.916. The second kappa shape index (κ2) is 6.65. The van der Waals surface area contributed by atoms with Crippen LogP contribution in [0.3, 0.4) is 0 Å². The number of benzene rings is 2. The van der Waals surface area contributed by atoms with Crippen molar-refractivity contribution in [2.75, 3.05) is 11.9 Å². The molecule has 2 aromatic carbocycles. The van der Waals surface area contributed by atoms with Crippen LogP contribution in [-0.4, -0.2) is 12.5 Å². The van der Waals surface area contributed by atoms with Crippen LogP contribution in [0, 0.1) is 34.6 Å². The smallest absolute Gasteiger partial charge is 0.262 e. The number of ether oxygens (including phenoxy) is 1. The monoisotopic (exact) mass is 297 g/mol. The topological polar surface area (TPSA) is 38.3 Å². The van der Waals surface area contributed by atoms with Crippen LogP contribution in [0.5, 0.6) is 5.75 Å². The Morgan fingerprint density at radius 1 is 0.955 bits per heavy atom. The Bertz CT molecular complexity index is 705. The molecule has 0 saturated carbocycles. The van der Waals surface area contributed by atoms with Gasteiger partial charge in [0.05, 0.1) is 0 Å². The molecule has 0 bridgehead atoms. The molecule has 0 fully saturated rings. The van der Waals surface area contributed by atoms with Crippen LogP contribution < -0.4 is 10.1 Å². The first kappa shape index (κ1) is 16.1. The van der Waals surface area contributed by atoms with Gasteiger partial charge in [0, 0.05) is 5.69 Å². The van der Waals surface area contributed by atoms with E-state index in [-0.39, 0.29) is 12.5 Å². The lowest BCUT2D eigenvalue weighted by Gasteiger charge is -2.13. The molecule has 0 heterocycles. The first-order chi connectivity index (χ1) is 10.4. The summed E-state index contributed by atoms with van der Waals surface area (Å²) in [6, 6.07) is 10.0. The molecular weight excluding hydrogens is 274 g/mol. The summed E-state index contributed by atoms with van der Waals surface area (Å²) in [4.78, 5) is 12.1. The fourth-order valence-electron chi connectivity index (χ4n) is 2.43. The van der Waals surface area contributed by atoms with Crippen molar-refractivity contribution in [1.29, 1.82) is 0 Å². The summed E-state index contributed by atoms with van der Waals surface area (Å²) in [6.45, 7) is 10.1. The number of hydrogen-bond acceptors (Lipinski definition) is 2. The minimum Gasteiger partial charge on any atom is -0.483 e. The van der Waals surface area contributed by atoms with Crippen LogP contribution in [0.2, 0.25) is 0 Å². The Hall–Kier alpha value is -2.29. The molecule has 0 aliphatic rings. The maximum absolute atomic E-state index is 12.1. The van der Waals surface area contributed by atoms with E-state index in [4.69, 9.17) is 4.74 Å². The van der Waals surface area contributed by atoms with Gasteiger partial charge in [-0.1, -0.05) is 23.8 Å². The second-order valence-electron chi connectivity index (χ2n) is 5.86. The van der Waals surface area contributed by atoms with E-state index in [1.54, 1.807) is 0 Å². The van der Waals surface area contributed by atoms with Crippen molar-refractivity contribution < 1.29 is 9.53 Å². The SMILES string of the molecule is Cc1ccc(NC(=O)COc2cc(C)cc(C)c2C)c(C)c1. The molecule has 0 atom stereocenters. The van der Waals surface area contributed by atoms with E-state index in [2.05, 4.69) is 11.4 Å². The zero-order chi connectivity index (χ0) is 16.3. The van der Waals surface area contributed by atoms with Crippen LogP contribution in [0.25, 0.3) is 0 Å². The highest BCUT2D eigenvalue weighted by Crippen LogP contribution is 2.23. The number of rotatable bonds is 4. The standard InChI is InChI=1S/C19H23NO2/c1-12-6-7-17(15(4)8-12)20-19(21)11-22-18-10-13(2)9-14(3)16(18)5/h6-10H,11H2,1-5H3,(H,20,21). The van der Waals surface area contributed by atoms with Gasteiger partial charge in [0.25, 0.3) is 5.91 Å². The third-order valence-electron chi connectivity index (χ3n) is 3.78. The molecule has 0 aliphatic heterocycles. The highest BCUT2D eigenvalue weighted by atomic mass is 16.5. The summed E-state index contributed by atoms with van der Waals surface area (Å²) < 4.78 is 5.68. The van der Waals surface area contributed by atoms with E-state index in [0.717, 1.165) is 28.1 Å². The second-order valence-corrected chi connectivity index (χ2v) is 5.86. The first-order valence-electron chi connectivity index (χ1n) is 7.44. The van der Waals surface area contributed by atoms with Gasteiger partial charge in [-0.2, -0.15) is 0 Å². The van der Waals surface area contributed by atoms with Crippen LogP contribution in [-0.2, 0) is 4.79 Å². The van der Waals surface area contributed by atoms with Crippen molar-refractivity contribution in [3.63, 3.8) is 0 Å². The van der Waals surface area contributed by atoms with Gasteiger partial charge in [0.1, 0.15) is 5.75 Å². The Labute approximate surface area is 132 Å². The van der Waals surface area contributed by atoms with Crippen LogP contribution in [0.4, 0.5) is 5.69 Å². The fourth-order valence-corrected chi connectivity index (χ4v) is 2.43. The van der Waals surface area contributed by atoms with Crippen molar-refractivity contribution >= 4 is 11.6 Å². The number of amides is 1. The highest BCUT2D eigenvalue weighted by Gasteiger charge is 2.09. The maximum atomic E-state index is 12.1. The van der Waals surface area contributed by atoms with Crippen molar-refractivity contribution in [2.24, 2.45) is 0 Å². The van der Waals surface area contributed by atoms with Crippen molar-refractivity contribution in [1.82, 2.24) is 0 Å². The molecule has 0 spiro atoms. The molecule has 0 saturated heterocycles. The van der Waals surface area contributed by atoms with Gasteiger partial charge in [0.15, 0.2) is 6.61 Å². The minimum absolute atomic E-state index is 0.0110. The average molecular weight is 297 g/mol. The predicted octanol–water partition coefficient (Wildman–Crippen LogP) is 4.25. The summed E-state index contributed by atoms with van der Waals surface area (Å²) in [5, 5.41) is 2.89. The number of carbonyl (C=O) groups excluding carboxylic acids is 1. The van der Waals surface area contributed by atoms with Crippen LogP contribution >= 0.6 is 0 Å². The van der Waals surface area contributed by atoms with Crippen molar-refractivity contribution in [3.05, 3.63) is 58.1 Å². The molecule has 3 nitrogen and oxygen atoms in total. The van der Waals surface area contributed by atoms with E-state index in [0.29, 0.717) is 0 Å². The molecule has 3 heteroatoms. The van der Waals surface area contributed by atoms with Crippen molar-refractivity contribution in [3.8, 4) is 5.75 Å². The summed E-state index contributed by atoms with van der Waals surface area (Å²) in [5.74, 6) is 0.624. The number of hydrogen-bond donors (Lipinski definition) is 1. The summed E-state index contributed by atoms with van der Waals surface area (Å²) >= 11 is 0. The molecule has 1 amide bonds. The Kier molecular flexibility index (Phi) is 4.86. The molecule has 22 heavy (non-hydrogen) atoms. The van der Waals surface area contributed by atoms with Gasteiger partial charge in [-0.15, -0.1) is 0 Å². The minimum atomic E-state index is -0.148. The van der Waals surface area contributed by atoms with Crippen molar-refractivity contribution in [2.45, 2.75) is 34.6 Å². The van der Waals surface area contributed by atoms with Gasteiger partial charge in [-0.3, -0.25) is 4.79 Å². The molecule has 0 aromatic heterocycles. The number of aryl methyl sites for hydroxylation is 4. The summed E-state index contributed by atoms with van der Waals surface area (Å²) in [6.07, 6.45) is 0. The van der Waals surface area contributed by atoms with E-state index in [1.165, 1.54) is 11.1 Å². The van der Waals surface area contributed by atoms with Gasteiger partial charge in [-0.05, 0) is 69.0 Å². The zero-order valence-corrected chi connectivity index (χ0v) is 13.9. The van der Waals surface area contributed by atoms with E-state index in [9.17, 15) is 4.79 Å². The van der Waals surface area contributed by atoms with Gasteiger partial charge >= 0.3 is 0 Å². The fraction of sp³-hybridized carbons (Fsp3) is 0.316. The predicted molar refractivity (Wildman–Crippen MR) is 90.7 cm³/mol. The van der Waals surface area contributed by atoms with E-state index in [1.807, 2.05) is 58.9 Å². The molecule has 0 unspecified atom stereocenters. The lowest BCUT2D eigenvalue weighted by Crippen LogP contribution is -2.21. The summed E-state index contributed by atoms with van der Waals surface area (Å²) in [7, 11) is 0. The zero-order valence-electron chi connectivity index (χ0n) is 13.9. The molecule has 2 aromatic rings. The Morgan fingerprint density at radius 2 is 1.64 bits per heavy atom. The Morgan fingerprint density at radius 3 is 2.32 bits per heavy atom. The molecular formula is C19H23NO2. The number of nitrogens with one attached hydrogen (secondary N) is 1. The maximum Gasteiger partial charge on any atom is 0.262 e.